The lowest BCUT2D eigenvalue weighted by Gasteiger charge is -2.13. The molecule has 0 aliphatic rings. The van der Waals surface area contributed by atoms with Crippen LogP contribution in [0.1, 0.15) is 22.2 Å². The summed E-state index contributed by atoms with van der Waals surface area (Å²) in [7, 11) is 0. The van der Waals surface area contributed by atoms with E-state index in [1.165, 1.54) is 19.1 Å². The minimum Gasteiger partial charge on any atom is -0.448 e. The molecule has 6 heteroatoms. The van der Waals surface area contributed by atoms with Crippen molar-refractivity contribution in [2.75, 3.05) is 6.54 Å². The Hall–Kier alpha value is -2.73. The van der Waals surface area contributed by atoms with E-state index in [9.17, 15) is 14.0 Å². The van der Waals surface area contributed by atoms with E-state index in [1.807, 2.05) is 30.3 Å². The van der Waals surface area contributed by atoms with E-state index < -0.39 is 12.1 Å². The monoisotopic (exact) mass is 371 g/mol. The fourth-order valence-electron chi connectivity index (χ4n) is 2.52. The number of fused-ring (bicyclic) bond motifs is 1. The summed E-state index contributed by atoms with van der Waals surface area (Å²) in [6.45, 7) is 1.97. The van der Waals surface area contributed by atoms with Crippen LogP contribution in [0.15, 0.2) is 54.6 Å². The Balaban J connectivity index is 1.54. The van der Waals surface area contributed by atoms with Gasteiger partial charge in [0.1, 0.15) is 10.7 Å². The van der Waals surface area contributed by atoms with Gasteiger partial charge in [0, 0.05) is 16.6 Å². The normalized spacial score (nSPS) is 11.9. The first-order valence-corrected chi connectivity index (χ1v) is 9.07. The molecule has 0 aliphatic carbocycles. The van der Waals surface area contributed by atoms with Gasteiger partial charge in [-0.15, -0.1) is 11.3 Å². The molecule has 0 bridgehead atoms. The van der Waals surface area contributed by atoms with E-state index in [0.29, 0.717) is 23.1 Å². The predicted octanol–water partition coefficient (Wildman–Crippen LogP) is 3.94. The number of thiophene rings is 1. The summed E-state index contributed by atoms with van der Waals surface area (Å²) < 4.78 is 19.6. The quantitative estimate of drug-likeness (QED) is 0.668. The summed E-state index contributed by atoms with van der Waals surface area (Å²) in [4.78, 5) is 24.6. The van der Waals surface area contributed by atoms with Gasteiger partial charge >= 0.3 is 5.97 Å². The van der Waals surface area contributed by atoms with Crippen molar-refractivity contribution in [1.29, 1.82) is 0 Å². The van der Waals surface area contributed by atoms with Crippen molar-refractivity contribution < 1.29 is 18.7 Å². The third-order valence-electron chi connectivity index (χ3n) is 3.92. The van der Waals surface area contributed by atoms with E-state index in [-0.39, 0.29) is 16.6 Å². The van der Waals surface area contributed by atoms with Crippen molar-refractivity contribution in [3.63, 3.8) is 0 Å². The van der Waals surface area contributed by atoms with Crippen molar-refractivity contribution in [2.45, 2.75) is 19.4 Å². The van der Waals surface area contributed by atoms with Crippen molar-refractivity contribution in [3.8, 4) is 0 Å². The topological polar surface area (TPSA) is 55.4 Å². The van der Waals surface area contributed by atoms with Gasteiger partial charge in [0.2, 0.25) is 0 Å². The molecule has 1 N–H and O–H groups in total. The van der Waals surface area contributed by atoms with Crippen LogP contribution in [0, 0.1) is 5.82 Å². The van der Waals surface area contributed by atoms with Crippen LogP contribution in [0.3, 0.4) is 0 Å². The van der Waals surface area contributed by atoms with Gasteiger partial charge in [-0.05, 0) is 37.1 Å². The molecule has 0 saturated carbocycles. The summed E-state index contributed by atoms with van der Waals surface area (Å²) in [5.41, 5.74) is 1.12. The summed E-state index contributed by atoms with van der Waals surface area (Å²) in [5.74, 6) is -1.37. The smallest absolute Gasteiger partial charge is 0.349 e. The number of carbonyl (C=O) groups is 2. The molecule has 1 aromatic heterocycles. The molecule has 3 aromatic rings. The lowest BCUT2D eigenvalue weighted by molar-refractivity contribution is -0.129. The zero-order valence-corrected chi connectivity index (χ0v) is 15.0. The molecule has 1 amide bonds. The molecule has 3 rings (SSSR count). The highest BCUT2D eigenvalue weighted by Gasteiger charge is 2.20. The summed E-state index contributed by atoms with van der Waals surface area (Å²) >= 11 is 1.14. The Kier molecular flexibility index (Phi) is 5.63. The van der Waals surface area contributed by atoms with Crippen LogP contribution < -0.4 is 5.32 Å². The molecule has 0 unspecified atom stereocenters. The molecule has 0 radical (unpaired) electrons. The first kappa shape index (κ1) is 18.1. The molecule has 0 aliphatic heterocycles. The molecular weight excluding hydrogens is 353 g/mol. The third kappa shape index (κ3) is 4.26. The number of esters is 1. The largest absolute Gasteiger partial charge is 0.448 e. The molecule has 0 saturated heterocycles. The van der Waals surface area contributed by atoms with Crippen LogP contribution >= 0.6 is 11.3 Å². The van der Waals surface area contributed by atoms with E-state index >= 15 is 0 Å². The number of ether oxygens (including phenoxy) is 1. The maximum absolute atomic E-state index is 13.7. The molecule has 1 atom stereocenters. The lowest BCUT2D eigenvalue weighted by Crippen LogP contribution is -2.36. The minimum absolute atomic E-state index is 0.272. The number of rotatable bonds is 6. The van der Waals surface area contributed by atoms with E-state index in [4.69, 9.17) is 4.74 Å². The van der Waals surface area contributed by atoms with Gasteiger partial charge in [0.15, 0.2) is 6.10 Å². The van der Waals surface area contributed by atoms with Crippen LogP contribution in [-0.2, 0) is 16.0 Å². The van der Waals surface area contributed by atoms with Crippen LogP contribution in [0.4, 0.5) is 4.39 Å². The van der Waals surface area contributed by atoms with Gasteiger partial charge in [-0.25, -0.2) is 9.18 Å². The second-order valence-corrected chi connectivity index (χ2v) is 6.92. The minimum atomic E-state index is -0.923. The second-order valence-electron chi connectivity index (χ2n) is 5.84. The average Bonchev–Trinajstić information content (AvgIpc) is 3.08. The highest BCUT2D eigenvalue weighted by Crippen LogP contribution is 2.28. The predicted molar refractivity (Wildman–Crippen MR) is 99.8 cm³/mol. The molecule has 0 spiro atoms. The van der Waals surface area contributed by atoms with Gasteiger partial charge in [-0.3, -0.25) is 4.79 Å². The number of hydrogen-bond acceptors (Lipinski definition) is 4. The van der Waals surface area contributed by atoms with Crippen molar-refractivity contribution >= 4 is 33.3 Å². The fourth-order valence-corrected chi connectivity index (χ4v) is 3.47. The van der Waals surface area contributed by atoms with E-state index in [2.05, 4.69) is 5.32 Å². The number of halogens is 1. The van der Waals surface area contributed by atoms with Crippen LogP contribution in [0.2, 0.25) is 0 Å². The van der Waals surface area contributed by atoms with Crippen LogP contribution in [-0.4, -0.2) is 24.5 Å². The first-order valence-electron chi connectivity index (χ1n) is 8.25. The zero-order chi connectivity index (χ0) is 18.5. The number of amides is 1. The molecule has 4 nitrogen and oxygen atoms in total. The molecule has 26 heavy (non-hydrogen) atoms. The Labute approximate surface area is 154 Å². The molecular formula is C20H18FNO3S. The SMILES string of the molecule is C[C@@H](OC(=O)c1cc2c(F)cccc2s1)C(=O)NCCc1ccccc1. The van der Waals surface area contributed by atoms with Gasteiger partial charge in [-0.1, -0.05) is 36.4 Å². The van der Waals surface area contributed by atoms with Crippen molar-refractivity contribution in [2.24, 2.45) is 0 Å². The highest BCUT2D eigenvalue weighted by molar-refractivity contribution is 7.20. The van der Waals surface area contributed by atoms with Gasteiger partial charge in [0.25, 0.3) is 5.91 Å². The number of nitrogens with one attached hydrogen (secondary N) is 1. The van der Waals surface area contributed by atoms with E-state index in [0.717, 1.165) is 16.9 Å². The van der Waals surface area contributed by atoms with Crippen molar-refractivity contribution in [1.82, 2.24) is 5.32 Å². The van der Waals surface area contributed by atoms with Gasteiger partial charge < -0.3 is 10.1 Å². The van der Waals surface area contributed by atoms with Crippen molar-refractivity contribution in [3.05, 3.63) is 70.9 Å². The molecule has 2 aromatic carbocycles. The first-order chi connectivity index (χ1) is 12.5. The number of carbonyl (C=O) groups excluding carboxylic acids is 2. The molecule has 0 fully saturated rings. The highest BCUT2D eigenvalue weighted by atomic mass is 32.1. The zero-order valence-electron chi connectivity index (χ0n) is 14.2. The maximum atomic E-state index is 13.7. The summed E-state index contributed by atoms with van der Waals surface area (Å²) in [6, 6.07) is 15.9. The van der Waals surface area contributed by atoms with Gasteiger partial charge in [0.05, 0.1) is 0 Å². The van der Waals surface area contributed by atoms with Gasteiger partial charge in [-0.2, -0.15) is 0 Å². The number of hydrogen-bond donors (Lipinski definition) is 1. The summed E-state index contributed by atoms with van der Waals surface area (Å²) in [6.07, 6.45) is -0.226. The van der Waals surface area contributed by atoms with E-state index in [1.54, 1.807) is 12.1 Å². The Morgan fingerprint density at radius 2 is 1.92 bits per heavy atom. The third-order valence-corrected chi connectivity index (χ3v) is 5.00. The summed E-state index contributed by atoms with van der Waals surface area (Å²) in [5, 5.41) is 3.13. The molecule has 134 valence electrons. The number of benzene rings is 2. The van der Waals surface area contributed by atoms with Crippen LogP contribution in [0.5, 0.6) is 0 Å². The standard InChI is InChI=1S/C20H18FNO3S/c1-13(19(23)22-11-10-14-6-3-2-4-7-14)25-20(24)18-12-15-16(21)8-5-9-17(15)26-18/h2-9,12-13H,10-11H2,1H3,(H,22,23)/t13-/m1/s1. The van der Waals surface area contributed by atoms with Crippen LogP contribution in [0.25, 0.3) is 10.1 Å². The Morgan fingerprint density at radius 1 is 1.15 bits per heavy atom. The lowest BCUT2D eigenvalue weighted by atomic mass is 10.1. The Morgan fingerprint density at radius 3 is 2.65 bits per heavy atom. The fraction of sp³-hybridized carbons (Fsp3) is 0.200. The maximum Gasteiger partial charge on any atom is 0.349 e. The Bertz CT molecular complexity index is 923. The second kappa shape index (κ2) is 8.10. The molecule has 1 heterocycles. The average molecular weight is 371 g/mol.